The number of carbonyl (C=O) groups is 12. The molecule has 1 aromatic carbocycles. The molecular weight excluding hydrogens is 1300 g/mol. The van der Waals surface area contributed by atoms with Gasteiger partial charge in [-0.25, -0.2) is 9.97 Å². The van der Waals surface area contributed by atoms with Crippen LogP contribution < -0.4 is 42.5 Å². The van der Waals surface area contributed by atoms with Crippen molar-refractivity contribution in [3.63, 3.8) is 0 Å². The Morgan fingerprint density at radius 1 is 0.520 bits per heavy atom. The number of aromatic nitrogens is 4. The standard InChI is InChI=1S/C41H57N7O6.C35H53N7O6/c1-6-14-30(34(49)39(53)44-25(2)26-15-9-7-10-16-26)45-38(52)33-29-20-13-19-28(29)24-48(33)40(54)35(41(3,4)5)47-37(51)32(27-17-11-8-12-18-27)46-36(50)31-23-42-21-22-43-31;1-5-10-24(27(43)32(46)38-22-15-16-22)39-31(45)26-23-14-9-13-21(23)19-42(26)34(48)28(35(2,3)4)41-30(44)25(20-11-7-6-8-12-20)40-33(47)29-36-17-18-37-29/h7,9-10,15-16,21-23,25,27-30,32-33,35H,6,8,11-14,17-20,24H2,1-5H3,(H,44,53)(H,45,52)(H,46,50)(H,47,51);17-18,20-26,28H,5-16,19H2,1-4H3,(H,36,37)(H,38,46)(H,39,45)(H,40,47)(H,41,44)/t25-,28?,29-,30-,32-,33-,35+;21-,23-,24-,25-,26-,28+/m00/s1. The lowest BCUT2D eigenvalue weighted by molar-refractivity contribution is -0.146. The first-order chi connectivity index (χ1) is 48.7. The summed E-state index contributed by atoms with van der Waals surface area (Å²) in [6, 6.07) is 1.43. The summed E-state index contributed by atoms with van der Waals surface area (Å²) in [4.78, 5) is 183. The number of H-pyrrole nitrogens is 1. The summed E-state index contributed by atoms with van der Waals surface area (Å²) in [7, 11) is 0. The number of benzene rings is 1. The van der Waals surface area contributed by atoms with Gasteiger partial charge in [0.1, 0.15) is 41.9 Å². The van der Waals surface area contributed by atoms with Crippen LogP contribution in [0.1, 0.15) is 236 Å². The Kier molecular flexibility index (Phi) is 26.8. The van der Waals surface area contributed by atoms with Crippen LogP contribution in [0, 0.1) is 46.3 Å². The van der Waals surface area contributed by atoms with Crippen LogP contribution in [-0.2, 0) is 47.9 Å². The van der Waals surface area contributed by atoms with Gasteiger partial charge in [0, 0.05) is 43.9 Å². The van der Waals surface area contributed by atoms with Crippen molar-refractivity contribution in [2.45, 2.75) is 264 Å². The van der Waals surface area contributed by atoms with E-state index in [9.17, 15) is 57.5 Å². The van der Waals surface area contributed by atoms with Crippen molar-refractivity contribution in [2.75, 3.05) is 13.1 Å². The second-order valence-corrected chi connectivity index (χ2v) is 31.7. The van der Waals surface area contributed by atoms with Crippen molar-refractivity contribution < 1.29 is 57.5 Å². The lowest BCUT2D eigenvalue weighted by Gasteiger charge is -2.38. The lowest BCUT2D eigenvalue weighted by Crippen LogP contribution is -2.62. The molecule has 10 amide bonds. The zero-order chi connectivity index (χ0) is 73.6. The highest BCUT2D eigenvalue weighted by molar-refractivity contribution is 6.39. The van der Waals surface area contributed by atoms with Crippen LogP contribution in [0.15, 0.2) is 61.3 Å². The van der Waals surface area contributed by atoms with Crippen molar-refractivity contribution in [2.24, 2.45) is 46.3 Å². The van der Waals surface area contributed by atoms with E-state index in [-0.39, 0.29) is 71.3 Å². The summed E-state index contributed by atoms with van der Waals surface area (Å²) in [6.07, 6.45) is 24.7. The summed E-state index contributed by atoms with van der Waals surface area (Å²) in [5, 5.41) is 23.0. The van der Waals surface area contributed by atoms with Gasteiger partial charge >= 0.3 is 0 Å². The number of hydrogen-bond donors (Lipinski definition) is 9. The van der Waals surface area contributed by atoms with Gasteiger partial charge in [-0.15, -0.1) is 0 Å². The number of carbonyl (C=O) groups excluding carboxylic acids is 12. The molecule has 7 fully saturated rings. The first-order valence-corrected chi connectivity index (χ1v) is 37.6. The van der Waals surface area contributed by atoms with Gasteiger partial charge in [0.05, 0.1) is 24.3 Å². The molecule has 5 aliphatic carbocycles. The minimum absolute atomic E-state index is 0.0160. The summed E-state index contributed by atoms with van der Waals surface area (Å²) >= 11 is 0. The van der Waals surface area contributed by atoms with E-state index in [1.807, 2.05) is 85.7 Å². The Labute approximate surface area is 599 Å². The number of Topliss-reactive ketones (excluding diaryl/α,β-unsaturated/α-hetero) is 2. The Morgan fingerprint density at radius 3 is 1.43 bits per heavy atom. The van der Waals surface area contributed by atoms with Crippen LogP contribution in [0.5, 0.6) is 0 Å². The van der Waals surface area contributed by atoms with Crippen molar-refractivity contribution in [1.29, 1.82) is 0 Å². The van der Waals surface area contributed by atoms with Crippen LogP contribution in [0.25, 0.3) is 0 Å². The number of amides is 10. The fourth-order valence-corrected chi connectivity index (χ4v) is 16.3. The molecule has 5 saturated carbocycles. The van der Waals surface area contributed by atoms with Gasteiger partial charge in [0.15, 0.2) is 5.82 Å². The molecule has 2 aliphatic heterocycles. The van der Waals surface area contributed by atoms with Crippen LogP contribution in [0.4, 0.5) is 0 Å². The Balaban J connectivity index is 0.000000239. The number of rotatable bonds is 27. The summed E-state index contributed by atoms with van der Waals surface area (Å²) in [5.74, 6) is -6.51. The average molecular weight is 1410 g/mol. The molecule has 9 N–H and O–H groups in total. The highest BCUT2D eigenvalue weighted by Crippen LogP contribution is 2.45. The molecule has 10 rings (SSSR count). The van der Waals surface area contributed by atoms with Crippen molar-refractivity contribution in [3.05, 3.63) is 78.4 Å². The lowest BCUT2D eigenvalue weighted by atomic mass is 9.82. The van der Waals surface area contributed by atoms with Gasteiger partial charge in [0.25, 0.3) is 23.6 Å². The van der Waals surface area contributed by atoms with Crippen LogP contribution >= 0.6 is 0 Å². The number of likely N-dealkylation sites (tertiary alicyclic amines) is 2. The zero-order valence-corrected chi connectivity index (χ0v) is 61.1. The van der Waals surface area contributed by atoms with Gasteiger partial charge in [-0.3, -0.25) is 62.5 Å². The largest absolute Gasteiger partial charge is 0.347 e. The summed E-state index contributed by atoms with van der Waals surface area (Å²) in [6.45, 7) is 17.5. The minimum Gasteiger partial charge on any atom is -0.347 e. The highest BCUT2D eigenvalue weighted by atomic mass is 16.2. The quantitative estimate of drug-likeness (QED) is 0.0372. The fourth-order valence-electron chi connectivity index (χ4n) is 16.3. The normalized spacial score (nSPS) is 23.3. The van der Waals surface area contributed by atoms with Crippen LogP contribution in [0.2, 0.25) is 0 Å². The Bertz CT molecular complexity index is 3430. The van der Waals surface area contributed by atoms with E-state index in [1.165, 1.54) is 24.8 Å². The third-order valence-corrected chi connectivity index (χ3v) is 22.0. The first kappa shape index (κ1) is 77.7. The monoisotopic (exact) mass is 1410 g/mol. The number of imidazole rings is 1. The van der Waals surface area contributed by atoms with E-state index < -0.39 is 124 Å². The number of nitrogens with one attached hydrogen (secondary N) is 9. The van der Waals surface area contributed by atoms with E-state index in [0.717, 1.165) is 121 Å². The second-order valence-electron chi connectivity index (χ2n) is 31.7. The van der Waals surface area contributed by atoms with Crippen LogP contribution in [0.3, 0.4) is 0 Å². The molecular formula is C76H110N14O12. The van der Waals surface area contributed by atoms with E-state index in [2.05, 4.69) is 62.5 Å². The Morgan fingerprint density at radius 2 is 1.00 bits per heavy atom. The molecule has 3 aromatic rings. The predicted molar refractivity (Wildman–Crippen MR) is 380 cm³/mol. The maximum Gasteiger partial charge on any atom is 0.290 e. The van der Waals surface area contributed by atoms with Gasteiger partial charge < -0.3 is 57.3 Å². The molecule has 26 nitrogen and oxygen atoms in total. The van der Waals surface area contributed by atoms with Gasteiger partial charge in [-0.05, 0) is 136 Å². The van der Waals surface area contributed by atoms with E-state index >= 15 is 0 Å². The first-order valence-electron chi connectivity index (χ1n) is 37.6. The third kappa shape index (κ3) is 19.6. The van der Waals surface area contributed by atoms with Crippen molar-refractivity contribution >= 4 is 70.6 Å². The Hall–Kier alpha value is -8.45. The van der Waals surface area contributed by atoms with Crippen LogP contribution in [-0.4, -0.2) is 168 Å². The molecule has 0 bridgehead atoms. The molecule has 26 heteroatoms. The van der Waals surface area contributed by atoms with E-state index in [0.29, 0.717) is 32.4 Å². The van der Waals surface area contributed by atoms with Gasteiger partial charge in [-0.1, -0.05) is 150 Å². The average Bonchev–Trinajstić information content (AvgIpc) is 1.60. The molecule has 13 atom stereocenters. The van der Waals surface area contributed by atoms with Gasteiger partial charge in [-0.2, -0.15) is 0 Å². The summed E-state index contributed by atoms with van der Waals surface area (Å²) < 4.78 is 0. The smallest absolute Gasteiger partial charge is 0.290 e. The number of hydrogen-bond acceptors (Lipinski definition) is 15. The minimum atomic E-state index is -1.06. The molecule has 2 saturated heterocycles. The number of nitrogens with zero attached hydrogens (tertiary/aromatic N) is 5. The maximum atomic E-state index is 14.7. The molecule has 102 heavy (non-hydrogen) atoms. The molecule has 1 unspecified atom stereocenters. The second kappa shape index (κ2) is 35.2. The molecule has 2 aromatic heterocycles. The molecule has 556 valence electrons. The van der Waals surface area contributed by atoms with E-state index in [1.54, 1.807) is 22.9 Å². The highest BCUT2D eigenvalue weighted by Gasteiger charge is 2.55. The molecule has 4 heterocycles. The number of aromatic amines is 1. The summed E-state index contributed by atoms with van der Waals surface area (Å²) in [5.41, 5.74) is -0.545. The van der Waals surface area contributed by atoms with Gasteiger partial charge in [0.2, 0.25) is 47.0 Å². The fraction of sp³-hybridized carbons (Fsp3) is 0.671. The van der Waals surface area contributed by atoms with E-state index in [4.69, 9.17) is 0 Å². The molecule has 7 aliphatic rings. The third-order valence-electron chi connectivity index (χ3n) is 22.0. The zero-order valence-electron chi connectivity index (χ0n) is 61.1. The predicted octanol–water partition coefficient (Wildman–Crippen LogP) is 6.42. The number of fused-ring (bicyclic) bond motifs is 2. The molecule has 0 radical (unpaired) electrons. The number of ketones is 2. The van der Waals surface area contributed by atoms with Crippen molar-refractivity contribution in [1.82, 2.24) is 72.3 Å². The molecule has 0 spiro atoms. The SMILES string of the molecule is CCC[C@H](NC(=O)[C@@H]1[C@H]2CCCC2CN1C(=O)[C@@H](NC(=O)[C@@H](NC(=O)c1cnccn1)C1CCCCC1)C(C)(C)C)C(=O)C(=O)N[C@@H](C)c1ccccc1.CCC[C@H](NC(=O)[C@@H]1[C@H]2CCC[C@H]2CN1C(=O)[C@@H](NC(=O)[C@@H](NC(=O)c1ncc[nH]1)C1CCCCC1)C(C)(C)C)C(=O)C(=O)NC1CC1. The topological polar surface area (TPSA) is 362 Å². The van der Waals surface area contributed by atoms with Crippen molar-refractivity contribution in [3.8, 4) is 0 Å². The maximum absolute atomic E-state index is 14.7.